The van der Waals surface area contributed by atoms with Gasteiger partial charge in [0.2, 0.25) is 5.69 Å². The van der Waals surface area contributed by atoms with Gasteiger partial charge in [0.1, 0.15) is 5.69 Å². The van der Waals surface area contributed by atoms with Gasteiger partial charge in [0.05, 0.1) is 4.92 Å². The molecule has 1 heterocycles. The van der Waals surface area contributed by atoms with Crippen molar-refractivity contribution in [1.29, 1.82) is 0 Å². The van der Waals surface area contributed by atoms with Gasteiger partial charge in [0, 0.05) is 0 Å². The molecule has 0 aromatic carbocycles. The van der Waals surface area contributed by atoms with Crippen molar-refractivity contribution in [2.75, 3.05) is 0 Å². The number of nitrogens with zero attached hydrogens (tertiary/aromatic N) is 2. The number of carboxylic acid groups (broad SMARTS) is 1. The van der Waals surface area contributed by atoms with Gasteiger partial charge in [0.15, 0.2) is 0 Å². The van der Waals surface area contributed by atoms with E-state index in [1.165, 1.54) is 19.3 Å². The fourth-order valence-electron chi connectivity index (χ4n) is 2.72. The van der Waals surface area contributed by atoms with Gasteiger partial charge in [-0.1, -0.05) is 32.1 Å². The van der Waals surface area contributed by atoms with Crippen LogP contribution in [0.3, 0.4) is 0 Å². The summed E-state index contributed by atoms with van der Waals surface area (Å²) >= 11 is 0. The first kappa shape index (κ1) is 13.5. The van der Waals surface area contributed by atoms with Crippen molar-refractivity contribution in [3.05, 3.63) is 21.5 Å². The van der Waals surface area contributed by atoms with Gasteiger partial charge in [-0.15, -0.1) is 0 Å². The van der Waals surface area contributed by atoms with Crippen LogP contribution >= 0.6 is 0 Å². The Morgan fingerprint density at radius 3 is 2.68 bits per heavy atom. The SMILES string of the molecule is O=C(O)c1n[nH]c(CCC2CCCCC2)c1[N+](=O)[O-]. The van der Waals surface area contributed by atoms with Crippen LogP contribution in [0.1, 0.15) is 54.7 Å². The molecule has 0 bridgehead atoms. The van der Waals surface area contributed by atoms with Crippen molar-refractivity contribution in [1.82, 2.24) is 10.2 Å². The molecule has 2 N–H and O–H groups in total. The van der Waals surface area contributed by atoms with Crippen molar-refractivity contribution in [2.24, 2.45) is 5.92 Å². The Kier molecular flexibility index (Phi) is 4.13. The fourth-order valence-corrected chi connectivity index (χ4v) is 2.72. The lowest BCUT2D eigenvalue weighted by Gasteiger charge is -2.20. The van der Waals surface area contributed by atoms with Crippen LogP contribution in [-0.2, 0) is 6.42 Å². The van der Waals surface area contributed by atoms with E-state index >= 15 is 0 Å². The zero-order valence-corrected chi connectivity index (χ0v) is 10.6. The van der Waals surface area contributed by atoms with E-state index in [0.717, 1.165) is 19.3 Å². The Balaban J connectivity index is 2.07. The predicted octanol–water partition coefficient (Wildman–Crippen LogP) is 2.53. The summed E-state index contributed by atoms with van der Waals surface area (Å²) < 4.78 is 0. The summed E-state index contributed by atoms with van der Waals surface area (Å²) in [6.07, 6.45) is 7.36. The van der Waals surface area contributed by atoms with Gasteiger partial charge in [-0.25, -0.2) is 4.79 Å². The summed E-state index contributed by atoms with van der Waals surface area (Å²) in [4.78, 5) is 21.1. The molecule has 0 aliphatic heterocycles. The Labute approximate surface area is 110 Å². The number of carboxylic acids is 1. The lowest BCUT2D eigenvalue weighted by molar-refractivity contribution is -0.385. The summed E-state index contributed by atoms with van der Waals surface area (Å²) in [5.41, 5.74) is -0.556. The number of aromatic amines is 1. The van der Waals surface area contributed by atoms with E-state index in [4.69, 9.17) is 5.11 Å². The third kappa shape index (κ3) is 3.10. The van der Waals surface area contributed by atoms with Crippen molar-refractivity contribution < 1.29 is 14.8 Å². The third-order valence-corrected chi connectivity index (χ3v) is 3.73. The molecule has 1 aromatic heterocycles. The molecule has 0 unspecified atom stereocenters. The maximum atomic E-state index is 10.9. The minimum absolute atomic E-state index is 0.327. The molecule has 104 valence electrons. The minimum atomic E-state index is -1.37. The molecular formula is C12H17N3O4. The Morgan fingerprint density at radius 1 is 1.42 bits per heavy atom. The van der Waals surface area contributed by atoms with E-state index in [2.05, 4.69) is 10.2 Å². The van der Waals surface area contributed by atoms with Gasteiger partial charge >= 0.3 is 11.7 Å². The summed E-state index contributed by atoms with van der Waals surface area (Å²) in [6.45, 7) is 0. The molecule has 19 heavy (non-hydrogen) atoms. The summed E-state index contributed by atoms with van der Waals surface area (Å²) in [6, 6.07) is 0. The van der Waals surface area contributed by atoms with Gasteiger partial charge in [-0.2, -0.15) is 5.10 Å². The topological polar surface area (TPSA) is 109 Å². The number of rotatable bonds is 5. The molecule has 0 saturated heterocycles. The van der Waals surface area contributed by atoms with E-state index in [0.29, 0.717) is 18.0 Å². The quantitative estimate of drug-likeness (QED) is 0.629. The van der Waals surface area contributed by atoms with E-state index in [-0.39, 0.29) is 5.69 Å². The molecule has 0 atom stereocenters. The van der Waals surface area contributed by atoms with Crippen molar-refractivity contribution >= 4 is 11.7 Å². The molecule has 1 fully saturated rings. The number of aromatic carboxylic acids is 1. The summed E-state index contributed by atoms with van der Waals surface area (Å²) in [5, 5.41) is 25.8. The summed E-state index contributed by atoms with van der Waals surface area (Å²) in [5.74, 6) is -0.781. The molecule has 0 radical (unpaired) electrons. The number of H-pyrrole nitrogens is 1. The monoisotopic (exact) mass is 267 g/mol. The van der Waals surface area contributed by atoms with Crippen LogP contribution in [0.2, 0.25) is 0 Å². The molecule has 0 amide bonds. The number of carbonyl (C=O) groups is 1. The van der Waals surface area contributed by atoms with E-state index in [1.807, 2.05) is 0 Å². The Hall–Kier alpha value is -1.92. The lowest BCUT2D eigenvalue weighted by atomic mass is 9.86. The zero-order valence-electron chi connectivity index (χ0n) is 10.6. The van der Waals surface area contributed by atoms with Crippen LogP contribution in [-0.4, -0.2) is 26.2 Å². The zero-order chi connectivity index (χ0) is 13.8. The average molecular weight is 267 g/mol. The lowest BCUT2D eigenvalue weighted by Crippen LogP contribution is -2.08. The molecule has 1 aliphatic rings. The smallest absolute Gasteiger partial charge is 0.363 e. The Bertz CT molecular complexity index is 477. The second-order valence-corrected chi connectivity index (χ2v) is 5.00. The highest BCUT2D eigenvalue weighted by Gasteiger charge is 2.29. The predicted molar refractivity (Wildman–Crippen MR) is 67.1 cm³/mol. The summed E-state index contributed by atoms with van der Waals surface area (Å²) in [7, 11) is 0. The van der Waals surface area contributed by atoms with Crippen LogP contribution in [0, 0.1) is 16.0 Å². The van der Waals surface area contributed by atoms with Gasteiger partial charge < -0.3 is 5.11 Å². The van der Waals surface area contributed by atoms with Crippen LogP contribution in [0.4, 0.5) is 5.69 Å². The number of hydrogen-bond donors (Lipinski definition) is 2. The largest absolute Gasteiger partial charge is 0.476 e. The van der Waals surface area contributed by atoms with Crippen LogP contribution in [0.25, 0.3) is 0 Å². The average Bonchev–Trinajstić information content (AvgIpc) is 2.81. The van der Waals surface area contributed by atoms with E-state index in [1.54, 1.807) is 0 Å². The number of nitro groups is 1. The van der Waals surface area contributed by atoms with E-state index < -0.39 is 16.6 Å². The van der Waals surface area contributed by atoms with Crippen LogP contribution < -0.4 is 0 Å². The third-order valence-electron chi connectivity index (χ3n) is 3.73. The highest BCUT2D eigenvalue weighted by Crippen LogP contribution is 2.29. The fraction of sp³-hybridized carbons (Fsp3) is 0.667. The molecule has 1 aliphatic carbocycles. The van der Waals surface area contributed by atoms with E-state index in [9.17, 15) is 14.9 Å². The standard InChI is InChI=1S/C12H17N3O4/c16-12(17)10-11(15(18)19)9(13-14-10)7-6-8-4-2-1-3-5-8/h8H,1-7H2,(H,13,14)(H,16,17). The maximum Gasteiger partial charge on any atom is 0.363 e. The number of aromatic nitrogens is 2. The van der Waals surface area contributed by atoms with Crippen molar-refractivity contribution in [3.63, 3.8) is 0 Å². The molecule has 2 rings (SSSR count). The molecule has 1 saturated carbocycles. The van der Waals surface area contributed by atoms with Crippen molar-refractivity contribution in [2.45, 2.75) is 44.9 Å². The molecule has 7 nitrogen and oxygen atoms in total. The van der Waals surface area contributed by atoms with Crippen molar-refractivity contribution in [3.8, 4) is 0 Å². The second-order valence-electron chi connectivity index (χ2n) is 5.00. The first-order valence-electron chi connectivity index (χ1n) is 6.54. The molecule has 0 spiro atoms. The van der Waals surface area contributed by atoms with Crippen LogP contribution in [0.5, 0.6) is 0 Å². The second kappa shape index (κ2) is 5.81. The number of nitrogens with one attached hydrogen (secondary N) is 1. The minimum Gasteiger partial charge on any atom is -0.476 e. The number of hydrogen-bond acceptors (Lipinski definition) is 4. The molecule has 1 aromatic rings. The Morgan fingerprint density at radius 2 is 2.11 bits per heavy atom. The number of aryl methyl sites for hydroxylation is 1. The first-order valence-corrected chi connectivity index (χ1v) is 6.54. The van der Waals surface area contributed by atoms with Gasteiger partial charge in [-0.05, 0) is 18.8 Å². The normalized spacial score (nSPS) is 16.4. The first-order chi connectivity index (χ1) is 9.09. The maximum absolute atomic E-state index is 10.9. The molecule has 7 heteroatoms. The van der Waals surface area contributed by atoms with Gasteiger partial charge in [0.25, 0.3) is 0 Å². The molecular weight excluding hydrogens is 250 g/mol. The highest BCUT2D eigenvalue weighted by molar-refractivity contribution is 5.90. The van der Waals surface area contributed by atoms with Gasteiger partial charge in [-0.3, -0.25) is 15.2 Å². The van der Waals surface area contributed by atoms with Crippen LogP contribution in [0.15, 0.2) is 0 Å². The highest BCUT2D eigenvalue weighted by atomic mass is 16.6.